The number of benzene rings is 2. The number of amides is 1. The highest BCUT2D eigenvalue weighted by Gasteiger charge is 2.12. The van der Waals surface area contributed by atoms with Crippen LogP contribution in [0.4, 0.5) is 11.4 Å². The van der Waals surface area contributed by atoms with E-state index in [0.717, 1.165) is 15.7 Å². The number of carbonyl (C=O) groups is 1. The molecule has 2 aromatic carbocycles. The van der Waals surface area contributed by atoms with Gasteiger partial charge in [-0.2, -0.15) is 0 Å². The van der Waals surface area contributed by atoms with Gasteiger partial charge in [-0.1, -0.05) is 33.6 Å². The molecule has 0 aromatic heterocycles. The maximum Gasteiger partial charge on any atom is 0.257 e. The summed E-state index contributed by atoms with van der Waals surface area (Å²) in [4.78, 5) is 12.2. The minimum atomic E-state index is -0.254. The summed E-state index contributed by atoms with van der Waals surface area (Å²) in [6.07, 6.45) is 0. The van der Waals surface area contributed by atoms with Gasteiger partial charge in [0.05, 0.1) is 5.56 Å². The zero-order valence-electron chi connectivity index (χ0n) is 10.2. The average Bonchev–Trinajstić information content (AvgIpc) is 2.34. The lowest BCUT2D eigenvalue weighted by molar-refractivity contribution is 0.102. The molecule has 0 saturated heterocycles. The molecule has 2 aromatic rings. The Hall–Kier alpha value is -1.52. The van der Waals surface area contributed by atoms with Gasteiger partial charge in [0.1, 0.15) is 0 Å². The third kappa shape index (κ3) is 3.08. The molecule has 0 radical (unpaired) electrons. The van der Waals surface area contributed by atoms with E-state index in [1.807, 2.05) is 25.1 Å². The van der Waals surface area contributed by atoms with E-state index in [4.69, 9.17) is 17.3 Å². The highest BCUT2D eigenvalue weighted by molar-refractivity contribution is 9.10. The number of nitrogens with one attached hydrogen (secondary N) is 1. The van der Waals surface area contributed by atoms with Gasteiger partial charge in [0, 0.05) is 20.9 Å². The maximum atomic E-state index is 12.2. The van der Waals surface area contributed by atoms with Crippen LogP contribution in [0.2, 0.25) is 5.02 Å². The second kappa shape index (κ2) is 5.63. The fraction of sp³-hybridized carbons (Fsp3) is 0.0714. The molecule has 19 heavy (non-hydrogen) atoms. The van der Waals surface area contributed by atoms with E-state index in [0.29, 0.717) is 16.3 Å². The van der Waals surface area contributed by atoms with Crippen LogP contribution in [0.15, 0.2) is 40.9 Å². The molecule has 1 amide bonds. The second-order valence-corrected chi connectivity index (χ2v) is 5.39. The van der Waals surface area contributed by atoms with Gasteiger partial charge in [-0.25, -0.2) is 0 Å². The van der Waals surface area contributed by atoms with E-state index in [2.05, 4.69) is 21.2 Å². The van der Waals surface area contributed by atoms with Crippen molar-refractivity contribution in [3.8, 4) is 0 Å². The van der Waals surface area contributed by atoms with Crippen LogP contribution in [0, 0.1) is 6.92 Å². The van der Waals surface area contributed by atoms with Gasteiger partial charge < -0.3 is 11.1 Å². The summed E-state index contributed by atoms with van der Waals surface area (Å²) in [6.45, 7) is 1.92. The van der Waals surface area contributed by atoms with Crippen molar-refractivity contribution in [2.45, 2.75) is 6.92 Å². The van der Waals surface area contributed by atoms with Crippen LogP contribution in [0.5, 0.6) is 0 Å². The molecule has 0 aliphatic rings. The van der Waals surface area contributed by atoms with E-state index < -0.39 is 0 Å². The van der Waals surface area contributed by atoms with Gasteiger partial charge in [0.15, 0.2) is 0 Å². The summed E-state index contributed by atoms with van der Waals surface area (Å²) in [5.74, 6) is -0.254. The van der Waals surface area contributed by atoms with E-state index in [1.54, 1.807) is 18.2 Å². The topological polar surface area (TPSA) is 55.1 Å². The molecule has 0 saturated carbocycles. The molecule has 0 heterocycles. The molecule has 0 spiro atoms. The largest absolute Gasteiger partial charge is 0.398 e. The van der Waals surface area contributed by atoms with Crippen molar-refractivity contribution >= 4 is 44.8 Å². The van der Waals surface area contributed by atoms with Crippen molar-refractivity contribution in [1.82, 2.24) is 0 Å². The molecule has 3 N–H and O–H groups in total. The smallest absolute Gasteiger partial charge is 0.257 e. The lowest BCUT2D eigenvalue weighted by atomic mass is 10.1. The Balaban J connectivity index is 2.28. The fourth-order valence-electron chi connectivity index (χ4n) is 1.67. The summed E-state index contributed by atoms with van der Waals surface area (Å²) in [6, 6.07) is 10.4. The van der Waals surface area contributed by atoms with Crippen molar-refractivity contribution < 1.29 is 4.79 Å². The molecule has 2 rings (SSSR count). The molecule has 98 valence electrons. The number of nitrogens with two attached hydrogens (primary N) is 1. The summed E-state index contributed by atoms with van der Waals surface area (Å²) in [5.41, 5.74) is 8.26. The molecule has 3 nitrogen and oxygen atoms in total. The number of rotatable bonds is 2. The van der Waals surface area contributed by atoms with Crippen LogP contribution < -0.4 is 11.1 Å². The molecule has 0 atom stereocenters. The number of anilines is 2. The summed E-state index contributed by atoms with van der Waals surface area (Å²) >= 11 is 9.23. The predicted molar refractivity (Wildman–Crippen MR) is 82.7 cm³/mol. The number of nitrogen functional groups attached to an aromatic ring is 1. The summed E-state index contributed by atoms with van der Waals surface area (Å²) in [7, 11) is 0. The number of hydrogen-bond donors (Lipinski definition) is 2. The number of hydrogen-bond acceptors (Lipinski definition) is 2. The van der Waals surface area contributed by atoms with Crippen LogP contribution in [-0.2, 0) is 0 Å². The highest BCUT2D eigenvalue weighted by atomic mass is 79.9. The molecule has 0 aliphatic heterocycles. The highest BCUT2D eigenvalue weighted by Crippen LogP contribution is 2.25. The minimum Gasteiger partial charge on any atom is -0.398 e. The first-order valence-electron chi connectivity index (χ1n) is 5.60. The molecule has 5 heteroatoms. The first-order chi connectivity index (χ1) is 8.99. The van der Waals surface area contributed by atoms with Gasteiger partial charge in [-0.05, 0) is 42.8 Å². The number of carbonyl (C=O) groups excluding carboxylic acids is 1. The Kier molecular flexibility index (Phi) is 4.12. The molecule has 0 aliphatic carbocycles. The Morgan fingerprint density at radius 2 is 2.05 bits per heavy atom. The van der Waals surface area contributed by atoms with E-state index in [-0.39, 0.29) is 5.91 Å². The average molecular weight is 340 g/mol. The predicted octanol–water partition coefficient (Wildman–Crippen LogP) is 4.25. The Morgan fingerprint density at radius 1 is 1.32 bits per heavy atom. The lowest BCUT2D eigenvalue weighted by Gasteiger charge is -2.11. The first kappa shape index (κ1) is 13.9. The molecule has 0 bridgehead atoms. The van der Waals surface area contributed by atoms with Crippen LogP contribution >= 0.6 is 27.5 Å². The normalized spacial score (nSPS) is 10.3. The standard InChI is InChI=1S/C14H12BrClN2O/c1-8-11(15)3-2-4-13(8)18-14(19)10-6-5-9(16)7-12(10)17/h2-7H,17H2,1H3,(H,18,19). The monoisotopic (exact) mass is 338 g/mol. The van der Waals surface area contributed by atoms with Gasteiger partial charge in [-0.15, -0.1) is 0 Å². The maximum absolute atomic E-state index is 12.2. The fourth-order valence-corrected chi connectivity index (χ4v) is 2.22. The van der Waals surface area contributed by atoms with Crippen LogP contribution in [0.25, 0.3) is 0 Å². The molecule has 0 fully saturated rings. The Morgan fingerprint density at radius 3 is 2.74 bits per heavy atom. The van der Waals surface area contributed by atoms with Crippen molar-refractivity contribution in [2.24, 2.45) is 0 Å². The molecular weight excluding hydrogens is 328 g/mol. The van der Waals surface area contributed by atoms with Crippen molar-refractivity contribution in [3.05, 3.63) is 57.0 Å². The zero-order valence-corrected chi connectivity index (χ0v) is 12.5. The minimum absolute atomic E-state index is 0.254. The van der Waals surface area contributed by atoms with Crippen LogP contribution in [-0.4, -0.2) is 5.91 Å². The van der Waals surface area contributed by atoms with Gasteiger partial charge in [0.25, 0.3) is 5.91 Å². The second-order valence-electron chi connectivity index (χ2n) is 4.10. The lowest BCUT2D eigenvalue weighted by Crippen LogP contribution is -2.14. The van der Waals surface area contributed by atoms with Crippen molar-refractivity contribution in [3.63, 3.8) is 0 Å². The third-order valence-electron chi connectivity index (χ3n) is 2.77. The third-order valence-corrected chi connectivity index (χ3v) is 3.87. The molecular formula is C14H12BrClN2O. The first-order valence-corrected chi connectivity index (χ1v) is 6.77. The van der Waals surface area contributed by atoms with Gasteiger partial charge in [-0.3, -0.25) is 4.79 Å². The number of halogens is 2. The Labute approximate surface area is 124 Å². The summed E-state index contributed by atoms with van der Waals surface area (Å²) < 4.78 is 0.939. The van der Waals surface area contributed by atoms with Crippen LogP contribution in [0.1, 0.15) is 15.9 Å². The van der Waals surface area contributed by atoms with E-state index in [1.165, 1.54) is 0 Å². The SMILES string of the molecule is Cc1c(Br)cccc1NC(=O)c1ccc(Cl)cc1N. The molecule has 0 unspecified atom stereocenters. The van der Waals surface area contributed by atoms with Crippen molar-refractivity contribution in [2.75, 3.05) is 11.1 Å². The van der Waals surface area contributed by atoms with E-state index in [9.17, 15) is 4.79 Å². The van der Waals surface area contributed by atoms with E-state index >= 15 is 0 Å². The van der Waals surface area contributed by atoms with Gasteiger partial charge >= 0.3 is 0 Å². The van der Waals surface area contributed by atoms with Gasteiger partial charge in [0.2, 0.25) is 0 Å². The Bertz CT molecular complexity index is 643. The van der Waals surface area contributed by atoms with Crippen molar-refractivity contribution in [1.29, 1.82) is 0 Å². The quantitative estimate of drug-likeness (QED) is 0.804. The summed E-state index contributed by atoms with van der Waals surface area (Å²) in [5, 5.41) is 3.34. The van der Waals surface area contributed by atoms with Crippen LogP contribution in [0.3, 0.4) is 0 Å². The zero-order chi connectivity index (χ0) is 14.0.